The summed E-state index contributed by atoms with van der Waals surface area (Å²) < 4.78 is 1.04. The molecule has 0 amide bonds. The second-order valence-corrected chi connectivity index (χ2v) is 5.30. The molecule has 0 aromatic rings. The topological polar surface area (TPSA) is 3.24 Å². The van der Waals surface area contributed by atoms with Gasteiger partial charge in [0, 0.05) is 26.9 Å². The van der Waals surface area contributed by atoms with Crippen LogP contribution in [0, 0.1) is 0 Å². The van der Waals surface area contributed by atoms with Crippen molar-refractivity contribution in [1.29, 1.82) is 0 Å². The van der Waals surface area contributed by atoms with E-state index in [0.717, 1.165) is 17.6 Å². The fraction of sp³-hybridized carbons (Fsp3) is 1.00. The second-order valence-electron chi connectivity index (χ2n) is 5.30. The van der Waals surface area contributed by atoms with Gasteiger partial charge in [-0.3, -0.25) is 4.90 Å². The summed E-state index contributed by atoms with van der Waals surface area (Å²) in [7, 11) is 4.64. The van der Waals surface area contributed by atoms with Crippen molar-refractivity contribution in [1.82, 2.24) is 4.90 Å². The molecule has 0 aromatic heterocycles. The highest BCUT2D eigenvalue weighted by Gasteiger charge is 2.42. The molecule has 0 saturated heterocycles. The summed E-state index contributed by atoms with van der Waals surface area (Å²) >= 11 is 0. The third-order valence-electron chi connectivity index (χ3n) is 4.24. The molecule has 0 fully saturated rings. The highest BCUT2D eigenvalue weighted by atomic mass is 15.5. The Bertz CT molecular complexity index is 167. The van der Waals surface area contributed by atoms with E-state index in [-0.39, 0.29) is 5.66 Å². The van der Waals surface area contributed by atoms with E-state index in [0.29, 0.717) is 6.04 Å². The monoisotopic (exact) mass is 201 g/mol. The Morgan fingerprint density at radius 2 is 1.43 bits per heavy atom. The predicted molar refractivity (Wildman–Crippen MR) is 64.2 cm³/mol. The summed E-state index contributed by atoms with van der Waals surface area (Å²) in [6.07, 6.45) is 0. The van der Waals surface area contributed by atoms with Crippen molar-refractivity contribution < 1.29 is 4.48 Å². The first-order valence-electron chi connectivity index (χ1n) is 5.80. The predicted octanol–water partition coefficient (Wildman–Crippen LogP) is 2.55. The van der Waals surface area contributed by atoms with Crippen molar-refractivity contribution in [2.45, 2.75) is 53.2 Å². The Morgan fingerprint density at radius 3 is 1.64 bits per heavy atom. The van der Waals surface area contributed by atoms with Gasteiger partial charge >= 0.3 is 0 Å². The Morgan fingerprint density at radius 1 is 1.07 bits per heavy atom. The van der Waals surface area contributed by atoms with Gasteiger partial charge in [0.2, 0.25) is 0 Å². The van der Waals surface area contributed by atoms with Gasteiger partial charge in [0.05, 0.1) is 20.1 Å². The van der Waals surface area contributed by atoms with Gasteiger partial charge in [-0.2, -0.15) is 0 Å². The standard InChI is InChI=1S/C12H29N2/c1-9-13(10-2)12(5,6)14(7,8)11(3)4/h11H,9-10H2,1-8H3/q+1. The highest BCUT2D eigenvalue weighted by Crippen LogP contribution is 2.27. The van der Waals surface area contributed by atoms with Crippen LogP contribution in [0.5, 0.6) is 0 Å². The fourth-order valence-electron chi connectivity index (χ4n) is 1.99. The van der Waals surface area contributed by atoms with Gasteiger partial charge in [0.1, 0.15) is 5.66 Å². The van der Waals surface area contributed by atoms with Crippen molar-refractivity contribution in [3.05, 3.63) is 0 Å². The van der Waals surface area contributed by atoms with Crippen molar-refractivity contribution in [2.24, 2.45) is 0 Å². The molecule has 0 saturated carbocycles. The maximum absolute atomic E-state index is 2.53. The molecule has 0 spiro atoms. The van der Waals surface area contributed by atoms with Gasteiger partial charge in [0.25, 0.3) is 0 Å². The molecule has 0 N–H and O–H groups in total. The lowest BCUT2D eigenvalue weighted by atomic mass is 10.1. The average molecular weight is 201 g/mol. The van der Waals surface area contributed by atoms with E-state index >= 15 is 0 Å². The summed E-state index contributed by atoms with van der Waals surface area (Å²) in [6.45, 7) is 16.0. The molecule has 0 rings (SSSR count). The third kappa shape index (κ3) is 2.29. The largest absolute Gasteiger partial charge is 0.310 e. The van der Waals surface area contributed by atoms with Crippen LogP contribution < -0.4 is 0 Å². The van der Waals surface area contributed by atoms with Crippen LogP contribution in [0.25, 0.3) is 0 Å². The van der Waals surface area contributed by atoms with Crippen LogP contribution in [0.1, 0.15) is 41.5 Å². The molecule has 0 unspecified atom stereocenters. The molecule has 0 radical (unpaired) electrons. The molecule has 0 heterocycles. The van der Waals surface area contributed by atoms with Crippen LogP contribution in [0.4, 0.5) is 0 Å². The molecule has 2 heteroatoms. The number of nitrogens with zero attached hydrogens (tertiary/aromatic N) is 2. The van der Waals surface area contributed by atoms with Crippen LogP contribution in [0.2, 0.25) is 0 Å². The van der Waals surface area contributed by atoms with Crippen molar-refractivity contribution in [3.8, 4) is 0 Å². The van der Waals surface area contributed by atoms with Crippen LogP contribution in [0.3, 0.4) is 0 Å². The van der Waals surface area contributed by atoms with Crippen molar-refractivity contribution >= 4 is 0 Å². The van der Waals surface area contributed by atoms with Gasteiger partial charge in [-0.1, -0.05) is 13.8 Å². The molecule has 14 heavy (non-hydrogen) atoms. The van der Waals surface area contributed by atoms with Gasteiger partial charge in [-0.15, -0.1) is 0 Å². The number of quaternary nitrogens is 1. The van der Waals surface area contributed by atoms with E-state index in [1.54, 1.807) is 0 Å². The summed E-state index contributed by atoms with van der Waals surface area (Å²) in [4.78, 5) is 2.53. The smallest absolute Gasteiger partial charge is 0.149 e. The average Bonchev–Trinajstić information content (AvgIpc) is 2.05. The first-order valence-corrected chi connectivity index (χ1v) is 5.80. The maximum atomic E-state index is 2.53. The Hall–Kier alpha value is -0.0800. The second kappa shape index (κ2) is 4.63. The first kappa shape index (κ1) is 13.9. The third-order valence-corrected chi connectivity index (χ3v) is 4.24. The van der Waals surface area contributed by atoms with Crippen molar-refractivity contribution in [2.75, 3.05) is 27.2 Å². The minimum absolute atomic E-state index is 0.206. The van der Waals surface area contributed by atoms with E-state index in [2.05, 4.69) is 60.5 Å². The van der Waals surface area contributed by atoms with E-state index in [4.69, 9.17) is 0 Å². The molecular weight excluding hydrogens is 172 g/mol. The molecule has 0 aliphatic heterocycles. The Labute approximate surface area is 90.5 Å². The zero-order valence-electron chi connectivity index (χ0n) is 11.4. The molecule has 0 bridgehead atoms. The van der Waals surface area contributed by atoms with E-state index < -0.39 is 0 Å². The molecule has 2 nitrogen and oxygen atoms in total. The van der Waals surface area contributed by atoms with E-state index in [1.807, 2.05) is 0 Å². The molecule has 0 aliphatic rings. The van der Waals surface area contributed by atoms with Crippen molar-refractivity contribution in [3.63, 3.8) is 0 Å². The van der Waals surface area contributed by atoms with Crippen LogP contribution in [-0.4, -0.2) is 48.3 Å². The highest BCUT2D eigenvalue weighted by molar-refractivity contribution is 4.71. The lowest BCUT2D eigenvalue weighted by Gasteiger charge is -2.52. The summed E-state index contributed by atoms with van der Waals surface area (Å²) in [6, 6.07) is 0.644. The van der Waals surface area contributed by atoms with E-state index in [9.17, 15) is 0 Å². The lowest BCUT2D eigenvalue weighted by molar-refractivity contribution is -0.969. The zero-order valence-corrected chi connectivity index (χ0v) is 11.4. The number of hydrogen-bond acceptors (Lipinski definition) is 1. The summed E-state index contributed by atoms with van der Waals surface area (Å²) in [5, 5.41) is 0. The first-order chi connectivity index (χ1) is 6.21. The van der Waals surface area contributed by atoms with Crippen LogP contribution in [0.15, 0.2) is 0 Å². The normalized spacial score (nSPS) is 14.1. The lowest BCUT2D eigenvalue weighted by Crippen LogP contribution is -2.67. The molecular formula is C12H29N2+. The van der Waals surface area contributed by atoms with Crippen LogP contribution in [-0.2, 0) is 0 Å². The Balaban J connectivity index is 4.91. The molecule has 86 valence electrons. The maximum Gasteiger partial charge on any atom is 0.149 e. The molecule has 0 atom stereocenters. The van der Waals surface area contributed by atoms with E-state index in [1.165, 1.54) is 0 Å². The molecule has 0 aliphatic carbocycles. The van der Waals surface area contributed by atoms with Gasteiger partial charge in [-0.05, 0) is 13.8 Å². The van der Waals surface area contributed by atoms with Crippen LogP contribution >= 0.6 is 0 Å². The fourth-order valence-corrected chi connectivity index (χ4v) is 1.99. The SMILES string of the molecule is CCN(CC)C(C)(C)[N+](C)(C)C(C)C. The Kier molecular flexibility index (Phi) is 4.60. The summed E-state index contributed by atoms with van der Waals surface area (Å²) in [5.41, 5.74) is 0.206. The quantitative estimate of drug-likeness (QED) is 0.488. The molecule has 0 aromatic carbocycles. The number of hydrogen-bond donors (Lipinski definition) is 0. The van der Waals surface area contributed by atoms with Gasteiger partial charge in [-0.25, -0.2) is 0 Å². The van der Waals surface area contributed by atoms with Gasteiger partial charge in [0.15, 0.2) is 0 Å². The zero-order chi connectivity index (χ0) is 11.6. The summed E-state index contributed by atoms with van der Waals surface area (Å²) in [5.74, 6) is 0. The minimum atomic E-state index is 0.206. The number of rotatable bonds is 5. The minimum Gasteiger partial charge on any atom is -0.310 e. The van der Waals surface area contributed by atoms with Gasteiger partial charge < -0.3 is 4.48 Å².